The molecule has 15 heteroatoms. The molecular weight excluding hydrogens is 743 g/mol. The number of carbonyl (C=O) groups is 1. The highest BCUT2D eigenvalue weighted by atomic mass is 35.5. The van der Waals surface area contributed by atoms with Gasteiger partial charge in [0.2, 0.25) is 20.0 Å². The molecule has 1 heterocycles. The summed E-state index contributed by atoms with van der Waals surface area (Å²) in [5, 5.41) is 4.94. The maximum Gasteiger partial charge on any atom is 0.255 e. The van der Waals surface area contributed by atoms with Crippen molar-refractivity contribution in [3.63, 3.8) is 0 Å². The van der Waals surface area contributed by atoms with Crippen molar-refractivity contribution in [3.05, 3.63) is 152 Å². The van der Waals surface area contributed by atoms with E-state index in [9.17, 15) is 21.6 Å². The van der Waals surface area contributed by atoms with Crippen LogP contribution in [-0.2, 0) is 44.5 Å². The molecule has 0 bridgehead atoms. The normalized spacial score (nSPS) is 12.2. The number of nitrogens with one attached hydrogen (secondary N) is 1. The Balaban J connectivity index is 1.29. The molecule has 10 nitrogen and oxygen atoms in total. The molecule has 0 aliphatic rings. The predicted molar refractivity (Wildman–Crippen MR) is 194 cm³/mol. The molecule has 1 aromatic heterocycles. The second-order valence-electron chi connectivity index (χ2n) is 11.1. The van der Waals surface area contributed by atoms with Crippen molar-refractivity contribution in [2.75, 3.05) is 6.54 Å². The fraction of sp³-hybridized carbons (Fsp3) is 0.143. The van der Waals surface area contributed by atoms with Gasteiger partial charge >= 0.3 is 0 Å². The van der Waals surface area contributed by atoms with E-state index < -0.39 is 32.5 Å². The number of furan rings is 1. The number of rotatable bonds is 14. The average Bonchev–Trinajstić information content (AvgIpc) is 3.53. The van der Waals surface area contributed by atoms with Crippen LogP contribution in [0.2, 0.25) is 15.1 Å². The summed E-state index contributed by atoms with van der Waals surface area (Å²) in [6, 6.07) is 29.1. The van der Waals surface area contributed by atoms with E-state index >= 15 is 0 Å². The lowest BCUT2D eigenvalue weighted by molar-refractivity contribution is -0.121. The molecule has 4 aromatic carbocycles. The zero-order chi connectivity index (χ0) is 35.9. The van der Waals surface area contributed by atoms with Gasteiger partial charge in [0.1, 0.15) is 11.5 Å². The molecule has 1 N–H and O–H groups in total. The van der Waals surface area contributed by atoms with E-state index in [1.807, 2.05) is 13.0 Å². The maximum atomic E-state index is 13.7. The van der Waals surface area contributed by atoms with E-state index in [4.69, 9.17) is 39.2 Å². The van der Waals surface area contributed by atoms with Crippen LogP contribution in [0.25, 0.3) is 0 Å². The number of hydrazone groups is 1. The Labute approximate surface area is 306 Å². The summed E-state index contributed by atoms with van der Waals surface area (Å²) in [5.74, 6) is -0.179. The predicted octanol–water partition coefficient (Wildman–Crippen LogP) is 7.28. The zero-order valence-electron chi connectivity index (χ0n) is 26.5. The van der Waals surface area contributed by atoms with Crippen molar-refractivity contribution in [1.82, 2.24) is 14.0 Å². The molecule has 50 heavy (non-hydrogen) atoms. The lowest BCUT2D eigenvalue weighted by Gasteiger charge is -2.22. The number of halogens is 3. The molecule has 0 aliphatic carbocycles. The summed E-state index contributed by atoms with van der Waals surface area (Å²) in [6.07, 6.45) is 1.23. The van der Waals surface area contributed by atoms with Crippen LogP contribution in [0.5, 0.6) is 0 Å². The Kier molecular flexibility index (Phi) is 12.2. The molecule has 5 rings (SSSR count). The maximum absolute atomic E-state index is 13.7. The minimum Gasteiger partial charge on any atom is -0.459 e. The van der Waals surface area contributed by atoms with Gasteiger partial charge in [-0.2, -0.15) is 13.7 Å². The fourth-order valence-electron chi connectivity index (χ4n) is 4.78. The molecule has 0 atom stereocenters. The van der Waals surface area contributed by atoms with Crippen LogP contribution in [0, 0.1) is 6.92 Å². The first-order valence-corrected chi connectivity index (χ1v) is 19.0. The molecule has 260 valence electrons. The Morgan fingerprint density at radius 1 is 0.720 bits per heavy atom. The lowest BCUT2D eigenvalue weighted by Crippen LogP contribution is -2.39. The van der Waals surface area contributed by atoms with Gasteiger partial charge in [-0.3, -0.25) is 4.79 Å². The molecule has 0 saturated heterocycles. The fourth-order valence-corrected chi connectivity index (χ4v) is 8.01. The molecular formula is C35H31Cl3N4O6S2. The van der Waals surface area contributed by atoms with Gasteiger partial charge in [-0.05, 0) is 78.7 Å². The SMILES string of the molecule is Cc1ccc(S(=O)(=O)N(CC(=O)N/N=C\c2ccc(CN(Cc3ccc(Cl)c(Cl)c3)S(=O)(=O)c3ccc(Cl)cc3)o2)Cc2ccccc2)cc1. The van der Waals surface area contributed by atoms with Crippen LogP contribution in [0.15, 0.2) is 129 Å². The van der Waals surface area contributed by atoms with Crippen LogP contribution >= 0.6 is 34.8 Å². The summed E-state index contributed by atoms with van der Waals surface area (Å²) >= 11 is 18.2. The minimum absolute atomic E-state index is 0.0312. The number of aryl methyl sites for hydroxylation is 1. The quantitative estimate of drug-likeness (QED) is 0.0933. The highest BCUT2D eigenvalue weighted by Crippen LogP contribution is 2.27. The van der Waals surface area contributed by atoms with E-state index in [0.29, 0.717) is 21.2 Å². The van der Waals surface area contributed by atoms with Gasteiger partial charge in [-0.25, -0.2) is 22.3 Å². The molecule has 5 aromatic rings. The topological polar surface area (TPSA) is 129 Å². The Hall–Kier alpha value is -4.01. The van der Waals surface area contributed by atoms with Crippen LogP contribution in [0.4, 0.5) is 0 Å². The first kappa shape index (κ1) is 37.3. The first-order chi connectivity index (χ1) is 23.8. The summed E-state index contributed by atoms with van der Waals surface area (Å²) in [4.78, 5) is 13.0. The van der Waals surface area contributed by atoms with Crippen molar-refractivity contribution in [2.24, 2.45) is 5.10 Å². The molecule has 0 fully saturated rings. The van der Waals surface area contributed by atoms with Crippen LogP contribution < -0.4 is 5.43 Å². The molecule has 1 amide bonds. The number of amides is 1. The van der Waals surface area contributed by atoms with Crippen LogP contribution in [0.3, 0.4) is 0 Å². The molecule has 0 spiro atoms. The van der Waals surface area contributed by atoms with Gasteiger partial charge in [-0.15, -0.1) is 0 Å². The Bertz CT molecular complexity index is 2200. The number of sulfonamides is 2. The summed E-state index contributed by atoms with van der Waals surface area (Å²) in [5.41, 5.74) is 4.54. The molecule has 0 unspecified atom stereocenters. The van der Waals surface area contributed by atoms with Crippen LogP contribution in [-0.4, -0.2) is 44.1 Å². The standard InChI is InChI=1S/C35H31Cl3N4O6S2/c1-25-7-14-31(15-8-25)50(46,47)42(21-26-5-3-2-4-6-26)24-35(43)40-39-20-29-12-13-30(48-29)23-41(22-27-9-18-33(37)34(38)19-27)49(44,45)32-16-10-28(36)11-17-32/h2-20H,21-24H2,1H3,(H,40,43)/b39-20-. The third-order valence-electron chi connectivity index (χ3n) is 7.37. The van der Waals surface area contributed by atoms with Gasteiger partial charge < -0.3 is 4.42 Å². The lowest BCUT2D eigenvalue weighted by atomic mass is 10.2. The number of benzene rings is 4. The van der Waals surface area contributed by atoms with Gasteiger partial charge in [0.15, 0.2) is 0 Å². The van der Waals surface area contributed by atoms with E-state index in [-0.39, 0.29) is 46.0 Å². The van der Waals surface area contributed by atoms with E-state index in [1.54, 1.807) is 66.7 Å². The smallest absolute Gasteiger partial charge is 0.255 e. The van der Waals surface area contributed by atoms with Crippen molar-refractivity contribution < 1.29 is 26.0 Å². The molecule has 0 aliphatic heterocycles. The van der Waals surface area contributed by atoms with E-state index in [1.165, 1.54) is 46.9 Å². The molecule has 0 radical (unpaired) electrons. The average molecular weight is 774 g/mol. The van der Waals surface area contributed by atoms with Crippen molar-refractivity contribution in [2.45, 2.75) is 36.3 Å². The van der Waals surface area contributed by atoms with Gasteiger partial charge in [0, 0.05) is 18.1 Å². The van der Waals surface area contributed by atoms with Crippen LogP contribution in [0.1, 0.15) is 28.2 Å². The molecule has 0 saturated carbocycles. The number of carbonyl (C=O) groups excluding carboxylic acids is 1. The highest BCUT2D eigenvalue weighted by Gasteiger charge is 2.28. The van der Waals surface area contributed by atoms with Crippen molar-refractivity contribution >= 4 is 67.0 Å². The first-order valence-electron chi connectivity index (χ1n) is 15.0. The van der Waals surface area contributed by atoms with Gasteiger partial charge in [0.05, 0.1) is 39.1 Å². The van der Waals surface area contributed by atoms with Gasteiger partial charge in [-0.1, -0.05) is 88.9 Å². The second kappa shape index (κ2) is 16.3. The monoisotopic (exact) mass is 772 g/mol. The number of hydrogen-bond acceptors (Lipinski definition) is 7. The van der Waals surface area contributed by atoms with Crippen molar-refractivity contribution in [3.8, 4) is 0 Å². The Morgan fingerprint density at radius 2 is 1.34 bits per heavy atom. The largest absolute Gasteiger partial charge is 0.459 e. The summed E-state index contributed by atoms with van der Waals surface area (Å²) in [6.45, 7) is 1.11. The number of hydrogen-bond donors (Lipinski definition) is 1. The van der Waals surface area contributed by atoms with E-state index in [0.717, 1.165) is 9.87 Å². The second-order valence-corrected chi connectivity index (χ2v) is 16.3. The van der Waals surface area contributed by atoms with Crippen molar-refractivity contribution in [1.29, 1.82) is 0 Å². The third kappa shape index (κ3) is 9.61. The van der Waals surface area contributed by atoms with E-state index in [2.05, 4.69) is 10.5 Å². The summed E-state index contributed by atoms with van der Waals surface area (Å²) in [7, 11) is -8.06. The zero-order valence-corrected chi connectivity index (χ0v) is 30.4. The summed E-state index contributed by atoms with van der Waals surface area (Å²) < 4.78 is 62.6. The van der Waals surface area contributed by atoms with Gasteiger partial charge in [0.25, 0.3) is 5.91 Å². The third-order valence-corrected chi connectivity index (χ3v) is 12.0. The highest BCUT2D eigenvalue weighted by molar-refractivity contribution is 7.89. The Morgan fingerprint density at radius 3 is 2.00 bits per heavy atom. The number of nitrogens with zero attached hydrogens (tertiary/aromatic N) is 3. The minimum atomic E-state index is -4.03.